The van der Waals surface area contributed by atoms with Crippen LogP contribution in [0.1, 0.15) is 16.7 Å². The first kappa shape index (κ1) is 21.4. The summed E-state index contributed by atoms with van der Waals surface area (Å²) in [5, 5.41) is 6.10. The van der Waals surface area contributed by atoms with E-state index < -0.39 is 12.1 Å². The van der Waals surface area contributed by atoms with Crippen molar-refractivity contribution in [2.45, 2.75) is 25.6 Å². The predicted molar refractivity (Wildman–Crippen MR) is 117 cm³/mol. The summed E-state index contributed by atoms with van der Waals surface area (Å²) in [6, 6.07) is 25.4. The maximum atomic E-state index is 12.8. The zero-order valence-corrected chi connectivity index (χ0v) is 17.1. The molecule has 2 N–H and O–H groups in total. The molecule has 6 heteroatoms. The summed E-state index contributed by atoms with van der Waals surface area (Å²) < 4.78 is 5.28. The van der Waals surface area contributed by atoms with Crippen molar-refractivity contribution in [3.8, 4) is 0 Å². The number of benzene rings is 3. The number of amides is 2. The molecule has 0 aliphatic rings. The molecule has 5 nitrogen and oxygen atoms in total. The Morgan fingerprint density at radius 1 is 0.833 bits per heavy atom. The first-order chi connectivity index (χ1) is 14.6. The van der Waals surface area contributed by atoms with E-state index in [2.05, 4.69) is 10.6 Å². The predicted octanol–water partition coefficient (Wildman–Crippen LogP) is 4.49. The summed E-state index contributed by atoms with van der Waals surface area (Å²) in [7, 11) is 0. The Morgan fingerprint density at radius 2 is 1.43 bits per heavy atom. The number of carbonyl (C=O) groups is 2. The molecule has 3 aromatic rings. The van der Waals surface area contributed by atoms with Gasteiger partial charge in [-0.15, -0.1) is 0 Å². The van der Waals surface area contributed by atoms with E-state index in [0.29, 0.717) is 11.4 Å². The van der Waals surface area contributed by atoms with Crippen LogP contribution in [0.25, 0.3) is 0 Å². The third kappa shape index (κ3) is 6.64. The Balaban J connectivity index is 1.62. The fourth-order valence-electron chi connectivity index (χ4n) is 2.91. The average Bonchev–Trinajstić information content (AvgIpc) is 2.78. The molecular weight excluding hydrogens is 400 g/mol. The number of carbonyl (C=O) groups excluding carboxylic acids is 2. The molecule has 2 amide bonds. The lowest BCUT2D eigenvalue weighted by Gasteiger charge is -2.19. The van der Waals surface area contributed by atoms with Crippen molar-refractivity contribution in [3.05, 3.63) is 107 Å². The van der Waals surface area contributed by atoms with Crippen molar-refractivity contribution < 1.29 is 14.3 Å². The smallest absolute Gasteiger partial charge is 0.408 e. The molecule has 3 aromatic carbocycles. The van der Waals surface area contributed by atoms with Gasteiger partial charge in [-0.05, 0) is 22.8 Å². The van der Waals surface area contributed by atoms with E-state index in [-0.39, 0.29) is 19.1 Å². The summed E-state index contributed by atoms with van der Waals surface area (Å²) in [5.74, 6) is -0.310. The molecule has 0 radical (unpaired) electrons. The lowest BCUT2D eigenvalue weighted by molar-refractivity contribution is -0.123. The minimum absolute atomic E-state index is 0.131. The molecule has 0 saturated carbocycles. The second-order valence-corrected chi connectivity index (χ2v) is 7.16. The number of nitrogens with one attached hydrogen (secondary N) is 2. The van der Waals surface area contributed by atoms with Crippen molar-refractivity contribution in [2.75, 3.05) is 0 Å². The number of alkyl carbamates (subject to hydrolysis) is 1. The number of rotatable bonds is 8. The molecule has 0 unspecified atom stereocenters. The van der Waals surface area contributed by atoms with Crippen LogP contribution in [0.3, 0.4) is 0 Å². The molecule has 0 fully saturated rings. The second-order valence-electron chi connectivity index (χ2n) is 6.76. The van der Waals surface area contributed by atoms with E-state index in [9.17, 15) is 9.59 Å². The quantitative estimate of drug-likeness (QED) is 0.561. The van der Waals surface area contributed by atoms with Gasteiger partial charge in [-0.2, -0.15) is 0 Å². The van der Waals surface area contributed by atoms with Gasteiger partial charge in [-0.1, -0.05) is 90.5 Å². The van der Waals surface area contributed by atoms with Gasteiger partial charge in [0.2, 0.25) is 5.91 Å². The third-order valence-corrected chi connectivity index (χ3v) is 4.88. The maximum Gasteiger partial charge on any atom is 0.408 e. The summed E-state index contributed by atoms with van der Waals surface area (Å²) in [5.41, 5.74) is 2.60. The Bertz CT molecular complexity index is 964. The standard InChI is InChI=1S/C24H23ClN2O3/c25-21-14-8-7-13-20(21)16-26-23(28)22(15-18-9-3-1-4-10-18)27-24(29)30-17-19-11-5-2-6-12-19/h1-14,22H,15-17H2,(H,26,28)(H,27,29)/t22-/m0/s1. The number of halogens is 1. The first-order valence-corrected chi connectivity index (χ1v) is 10.0. The van der Waals surface area contributed by atoms with E-state index in [0.717, 1.165) is 16.7 Å². The Labute approximate surface area is 181 Å². The molecule has 0 spiro atoms. The van der Waals surface area contributed by atoms with Crippen LogP contribution in [0.15, 0.2) is 84.9 Å². The molecule has 0 aromatic heterocycles. The highest BCUT2D eigenvalue weighted by Crippen LogP contribution is 2.14. The van der Waals surface area contributed by atoms with Gasteiger partial charge in [-0.25, -0.2) is 4.79 Å². The fourth-order valence-corrected chi connectivity index (χ4v) is 3.12. The summed E-state index contributed by atoms with van der Waals surface area (Å²) in [6.45, 7) is 0.399. The minimum Gasteiger partial charge on any atom is -0.445 e. The van der Waals surface area contributed by atoms with Crippen LogP contribution in [-0.2, 0) is 29.1 Å². The minimum atomic E-state index is -0.779. The fraction of sp³-hybridized carbons (Fsp3) is 0.167. The van der Waals surface area contributed by atoms with Gasteiger partial charge >= 0.3 is 6.09 Å². The number of hydrogen-bond acceptors (Lipinski definition) is 3. The molecule has 0 bridgehead atoms. The van der Waals surface area contributed by atoms with E-state index in [4.69, 9.17) is 16.3 Å². The van der Waals surface area contributed by atoms with E-state index in [1.54, 1.807) is 6.07 Å². The Morgan fingerprint density at radius 3 is 2.10 bits per heavy atom. The summed E-state index contributed by atoms with van der Waals surface area (Å²) >= 11 is 6.16. The topological polar surface area (TPSA) is 67.4 Å². The van der Waals surface area contributed by atoms with E-state index in [1.807, 2.05) is 78.9 Å². The van der Waals surface area contributed by atoms with Gasteiger partial charge in [0.25, 0.3) is 0 Å². The lowest BCUT2D eigenvalue weighted by Crippen LogP contribution is -2.48. The maximum absolute atomic E-state index is 12.8. The normalized spacial score (nSPS) is 11.4. The van der Waals surface area contributed by atoms with Crippen molar-refractivity contribution >= 4 is 23.6 Å². The molecule has 0 heterocycles. The van der Waals surface area contributed by atoms with Gasteiger partial charge in [0.1, 0.15) is 12.6 Å². The van der Waals surface area contributed by atoms with Crippen molar-refractivity contribution in [3.63, 3.8) is 0 Å². The molecule has 0 saturated heterocycles. The molecule has 0 aliphatic carbocycles. The third-order valence-electron chi connectivity index (χ3n) is 4.51. The van der Waals surface area contributed by atoms with Crippen molar-refractivity contribution in [2.24, 2.45) is 0 Å². The number of hydrogen-bond donors (Lipinski definition) is 2. The van der Waals surface area contributed by atoms with Crippen molar-refractivity contribution in [1.29, 1.82) is 0 Å². The highest BCUT2D eigenvalue weighted by molar-refractivity contribution is 6.31. The van der Waals surface area contributed by atoms with Crippen LogP contribution < -0.4 is 10.6 Å². The first-order valence-electron chi connectivity index (χ1n) is 9.64. The van der Waals surface area contributed by atoms with Crippen LogP contribution in [0, 0.1) is 0 Å². The zero-order chi connectivity index (χ0) is 21.2. The van der Waals surface area contributed by atoms with Gasteiger partial charge in [0.15, 0.2) is 0 Å². The second kappa shape index (κ2) is 11.0. The van der Waals surface area contributed by atoms with E-state index in [1.165, 1.54) is 0 Å². The SMILES string of the molecule is O=C(N[C@@H](Cc1ccccc1)C(=O)NCc1ccccc1Cl)OCc1ccccc1. The lowest BCUT2D eigenvalue weighted by atomic mass is 10.1. The molecular formula is C24H23ClN2O3. The zero-order valence-electron chi connectivity index (χ0n) is 16.4. The average molecular weight is 423 g/mol. The van der Waals surface area contributed by atoms with Crippen molar-refractivity contribution in [1.82, 2.24) is 10.6 Å². The molecule has 3 rings (SSSR count). The molecule has 0 aliphatic heterocycles. The van der Waals surface area contributed by atoms with Gasteiger partial charge in [0.05, 0.1) is 0 Å². The van der Waals surface area contributed by atoms with Gasteiger partial charge in [0, 0.05) is 18.0 Å². The van der Waals surface area contributed by atoms with E-state index >= 15 is 0 Å². The Hall–Kier alpha value is -3.31. The number of ether oxygens (including phenoxy) is 1. The summed E-state index contributed by atoms with van der Waals surface area (Å²) in [4.78, 5) is 25.1. The van der Waals surface area contributed by atoms with Crippen LogP contribution in [0.2, 0.25) is 5.02 Å². The van der Waals surface area contributed by atoms with Crippen LogP contribution in [0.5, 0.6) is 0 Å². The largest absolute Gasteiger partial charge is 0.445 e. The molecule has 154 valence electrons. The van der Waals surface area contributed by atoms with Crippen LogP contribution >= 0.6 is 11.6 Å². The Kier molecular flexibility index (Phi) is 7.86. The van der Waals surface area contributed by atoms with Crippen LogP contribution in [0.4, 0.5) is 4.79 Å². The highest BCUT2D eigenvalue weighted by Gasteiger charge is 2.22. The van der Waals surface area contributed by atoms with Gasteiger partial charge < -0.3 is 15.4 Å². The van der Waals surface area contributed by atoms with Gasteiger partial charge in [-0.3, -0.25) is 4.79 Å². The molecule has 1 atom stereocenters. The highest BCUT2D eigenvalue weighted by atomic mass is 35.5. The monoisotopic (exact) mass is 422 g/mol. The van der Waals surface area contributed by atoms with Crippen LogP contribution in [-0.4, -0.2) is 18.0 Å². The molecule has 30 heavy (non-hydrogen) atoms. The summed E-state index contributed by atoms with van der Waals surface area (Å²) in [6.07, 6.45) is -0.303.